The van der Waals surface area contributed by atoms with E-state index in [-0.39, 0.29) is 11.9 Å². The summed E-state index contributed by atoms with van der Waals surface area (Å²) in [5.41, 5.74) is 1.44. The van der Waals surface area contributed by atoms with E-state index in [0.717, 1.165) is 50.3 Å². The first-order valence-electron chi connectivity index (χ1n) is 9.27. The molecule has 2 fully saturated rings. The van der Waals surface area contributed by atoms with Crippen molar-refractivity contribution < 1.29 is 4.79 Å². The van der Waals surface area contributed by atoms with Crippen LogP contribution in [0.1, 0.15) is 48.2 Å². The van der Waals surface area contributed by atoms with Crippen LogP contribution in [0.4, 0.5) is 0 Å². The fourth-order valence-electron chi connectivity index (χ4n) is 4.15. The second-order valence-corrected chi connectivity index (χ2v) is 8.00. The SMILES string of the molecule is O=C(CN1CCC(c2ccccc2)CC1)N1CCC[C@@H]1c1nccs1. The van der Waals surface area contributed by atoms with Crippen molar-refractivity contribution in [3.05, 3.63) is 52.5 Å². The molecule has 1 atom stereocenters. The van der Waals surface area contributed by atoms with Gasteiger partial charge in [-0.15, -0.1) is 11.3 Å². The van der Waals surface area contributed by atoms with Crippen LogP contribution in [0.2, 0.25) is 0 Å². The Morgan fingerprint density at radius 1 is 1.12 bits per heavy atom. The lowest BCUT2D eigenvalue weighted by molar-refractivity contribution is -0.133. The van der Waals surface area contributed by atoms with E-state index in [1.165, 1.54) is 5.56 Å². The van der Waals surface area contributed by atoms with E-state index in [0.29, 0.717) is 12.5 Å². The van der Waals surface area contributed by atoms with E-state index in [1.807, 2.05) is 11.6 Å². The Kier molecular flexibility index (Phi) is 5.13. The van der Waals surface area contributed by atoms with Gasteiger partial charge in [0.1, 0.15) is 5.01 Å². The summed E-state index contributed by atoms with van der Waals surface area (Å²) in [6.07, 6.45) is 6.27. The van der Waals surface area contributed by atoms with E-state index >= 15 is 0 Å². The summed E-state index contributed by atoms with van der Waals surface area (Å²) >= 11 is 1.67. The summed E-state index contributed by atoms with van der Waals surface area (Å²) < 4.78 is 0. The zero-order valence-corrected chi connectivity index (χ0v) is 15.3. The number of piperidine rings is 1. The molecule has 4 nitrogen and oxygen atoms in total. The molecular weight excluding hydrogens is 330 g/mol. The number of carbonyl (C=O) groups excluding carboxylic acids is 1. The third kappa shape index (κ3) is 3.77. The smallest absolute Gasteiger partial charge is 0.237 e. The van der Waals surface area contributed by atoms with Crippen LogP contribution < -0.4 is 0 Å². The molecule has 4 rings (SSSR count). The molecule has 0 aliphatic carbocycles. The Balaban J connectivity index is 1.32. The molecule has 1 aromatic carbocycles. The van der Waals surface area contributed by atoms with E-state index in [1.54, 1.807) is 11.3 Å². The lowest BCUT2D eigenvalue weighted by atomic mass is 9.89. The van der Waals surface area contributed by atoms with Crippen LogP contribution in [0.3, 0.4) is 0 Å². The maximum Gasteiger partial charge on any atom is 0.237 e. The van der Waals surface area contributed by atoms with Crippen molar-refractivity contribution in [3.63, 3.8) is 0 Å². The van der Waals surface area contributed by atoms with Crippen molar-refractivity contribution in [1.29, 1.82) is 0 Å². The molecule has 2 aromatic rings. The number of carbonyl (C=O) groups is 1. The first-order valence-corrected chi connectivity index (χ1v) is 10.2. The largest absolute Gasteiger partial charge is 0.332 e. The molecule has 0 saturated carbocycles. The van der Waals surface area contributed by atoms with Gasteiger partial charge in [0.15, 0.2) is 0 Å². The van der Waals surface area contributed by atoms with Gasteiger partial charge < -0.3 is 4.90 Å². The first kappa shape index (κ1) is 16.7. The zero-order valence-electron chi connectivity index (χ0n) is 14.5. The Bertz CT molecular complexity index is 680. The van der Waals surface area contributed by atoms with Gasteiger partial charge in [0, 0.05) is 18.1 Å². The molecule has 0 bridgehead atoms. The van der Waals surface area contributed by atoms with Crippen LogP contribution in [0.5, 0.6) is 0 Å². The second-order valence-electron chi connectivity index (χ2n) is 7.08. The summed E-state index contributed by atoms with van der Waals surface area (Å²) in [4.78, 5) is 21.7. The minimum absolute atomic E-state index is 0.203. The third-order valence-corrected chi connectivity index (χ3v) is 6.40. The molecule has 5 heteroatoms. The topological polar surface area (TPSA) is 36.4 Å². The lowest BCUT2D eigenvalue weighted by Crippen LogP contribution is -2.43. The Morgan fingerprint density at radius 3 is 2.64 bits per heavy atom. The van der Waals surface area contributed by atoms with E-state index < -0.39 is 0 Å². The minimum atomic E-state index is 0.203. The van der Waals surface area contributed by atoms with Crippen LogP contribution in [0, 0.1) is 0 Å². The number of hydrogen-bond donors (Lipinski definition) is 0. The van der Waals surface area contributed by atoms with Crippen molar-refractivity contribution >= 4 is 17.2 Å². The van der Waals surface area contributed by atoms with Crippen LogP contribution in [0.25, 0.3) is 0 Å². The first-order chi connectivity index (χ1) is 12.3. The van der Waals surface area contributed by atoms with Gasteiger partial charge in [-0.2, -0.15) is 0 Å². The van der Waals surface area contributed by atoms with Gasteiger partial charge in [-0.05, 0) is 50.3 Å². The molecule has 0 radical (unpaired) electrons. The molecule has 132 valence electrons. The van der Waals surface area contributed by atoms with E-state index in [4.69, 9.17) is 0 Å². The van der Waals surface area contributed by atoms with Crippen molar-refractivity contribution in [2.24, 2.45) is 0 Å². The summed E-state index contributed by atoms with van der Waals surface area (Å²) in [7, 11) is 0. The molecular formula is C20H25N3OS. The van der Waals surface area contributed by atoms with Crippen LogP contribution in [-0.4, -0.2) is 46.9 Å². The molecule has 2 saturated heterocycles. The Hall–Kier alpha value is -1.72. The maximum atomic E-state index is 12.8. The fourth-order valence-corrected chi connectivity index (χ4v) is 4.94. The maximum absolute atomic E-state index is 12.8. The van der Waals surface area contributed by atoms with Crippen molar-refractivity contribution in [3.8, 4) is 0 Å². The zero-order chi connectivity index (χ0) is 17.1. The Labute approximate surface area is 153 Å². The van der Waals surface area contributed by atoms with Gasteiger partial charge in [0.05, 0.1) is 12.6 Å². The summed E-state index contributed by atoms with van der Waals surface area (Å²) in [5.74, 6) is 0.915. The predicted octanol–water partition coefficient (Wildman–Crippen LogP) is 3.69. The van der Waals surface area contributed by atoms with Gasteiger partial charge in [-0.25, -0.2) is 4.98 Å². The molecule has 25 heavy (non-hydrogen) atoms. The highest BCUT2D eigenvalue weighted by molar-refractivity contribution is 7.09. The normalized spacial score (nSPS) is 22.4. The average molecular weight is 356 g/mol. The molecule has 2 aliphatic rings. The van der Waals surface area contributed by atoms with Crippen molar-refractivity contribution in [1.82, 2.24) is 14.8 Å². The minimum Gasteiger partial charge on any atom is -0.332 e. The van der Waals surface area contributed by atoms with Gasteiger partial charge in [0.25, 0.3) is 0 Å². The number of aromatic nitrogens is 1. The fraction of sp³-hybridized carbons (Fsp3) is 0.500. The highest BCUT2D eigenvalue weighted by atomic mass is 32.1. The van der Waals surface area contributed by atoms with E-state index in [9.17, 15) is 4.79 Å². The average Bonchev–Trinajstić information content (AvgIpc) is 3.34. The van der Waals surface area contributed by atoms with Gasteiger partial charge in [-0.3, -0.25) is 9.69 Å². The summed E-state index contributed by atoms with van der Waals surface area (Å²) in [6.45, 7) is 3.47. The van der Waals surface area contributed by atoms with Gasteiger partial charge in [0.2, 0.25) is 5.91 Å². The third-order valence-electron chi connectivity index (χ3n) is 5.53. The molecule has 1 aromatic heterocycles. The molecule has 0 unspecified atom stereocenters. The number of hydrogen-bond acceptors (Lipinski definition) is 4. The number of likely N-dealkylation sites (tertiary alicyclic amines) is 2. The highest BCUT2D eigenvalue weighted by Crippen LogP contribution is 2.33. The number of thiazole rings is 1. The van der Waals surface area contributed by atoms with Crippen LogP contribution >= 0.6 is 11.3 Å². The molecule has 0 N–H and O–H groups in total. The quantitative estimate of drug-likeness (QED) is 0.839. The highest BCUT2D eigenvalue weighted by Gasteiger charge is 2.32. The summed E-state index contributed by atoms with van der Waals surface area (Å²) in [6, 6.07) is 11.0. The molecule has 0 spiro atoms. The number of nitrogens with zero attached hydrogens (tertiary/aromatic N) is 3. The standard InChI is InChI=1S/C20H25N3OS/c24-19(23-11-4-7-18(23)20-21-10-14-25-20)15-22-12-8-17(9-13-22)16-5-2-1-3-6-16/h1-3,5-6,10,14,17-18H,4,7-9,11-13,15H2/t18-/m1/s1. The van der Waals surface area contributed by atoms with Gasteiger partial charge >= 0.3 is 0 Å². The number of amides is 1. The lowest BCUT2D eigenvalue weighted by Gasteiger charge is -2.33. The molecule has 3 heterocycles. The van der Waals surface area contributed by atoms with Gasteiger partial charge in [-0.1, -0.05) is 30.3 Å². The molecule has 2 aliphatic heterocycles. The van der Waals surface area contributed by atoms with Crippen molar-refractivity contribution in [2.45, 2.75) is 37.6 Å². The summed E-state index contributed by atoms with van der Waals surface area (Å²) in [5, 5.41) is 3.10. The second kappa shape index (κ2) is 7.67. The van der Waals surface area contributed by atoms with E-state index in [2.05, 4.69) is 45.1 Å². The number of rotatable bonds is 4. The Morgan fingerprint density at radius 2 is 1.92 bits per heavy atom. The van der Waals surface area contributed by atoms with Crippen LogP contribution in [-0.2, 0) is 4.79 Å². The number of benzene rings is 1. The molecule has 1 amide bonds. The monoisotopic (exact) mass is 355 g/mol. The van der Waals surface area contributed by atoms with Crippen molar-refractivity contribution in [2.75, 3.05) is 26.2 Å². The van der Waals surface area contributed by atoms with Crippen LogP contribution in [0.15, 0.2) is 41.9 Å². The predicted molar refractivity (Wildman–Crippen MR) is 101 cm³/mol.